The van der Waals surface area contributed by atoms with Crippen LogP contribution in [0, 0.1) is 0 Å². The minimum absolute atomic E-state index is 0.0581. The first-order chi connectivity index (χ1) is 17.5. The molecule has 36 heavy (non-hydrogen) atoms. The van der Waals surface area contributed by atoms with Crippen molar-refractivity contribution in [2.75, 3.05) is 0 Å². The zero-order chi connectivity index (χ0) is 25.1. The van der Waals surface area contributed by atoms with Gasteiger partial charge in [-0.1, -0.05) is 48.0 Å². The van der Waals surface area contributed by atoms with Crippen LogP contribution in [0.1, 0.15) is 44.5 Å². The molecule has 0 fully saturated rings. The Labute approximate surface area is 214 Å². The number of benzene rings is 2. The molecular formula is C29H24ClN3O3. The summed E-state index contributed by atoms with van der Waals surface area (Å²) in [5.41, 5.74) is 3.96. The summed E-state index contributed by atoms with van der Waals surface area (Å²) in [6.45, 7) is 0.240. The van der Waals surface area contributed by atoms with Crippen LogP contribution in [0.4, 0.5) is 0 Å². The predicted octanol–water partition coefficient (Wildman–Crippen LogP) is 4.59. The van der Waals surface area contributed by atoms with Crippen LogP contribution in [0.15, 0.2) is 91.3 Å². The first-order valence-corrected chi connectivity index (χ1v) is 12.1. The minimum atomic E-state index is -0.852. The van der Waals surface area contributed by atoms with Gasteiger partial charge in [0.2, 0.25) is 0 Å². The Hall–Kier alpha value is -3.87. The maximum Gasteiger partial charge on any atom is 0.255 e. The van der Waals surface area contributed by atoms with Gasteiger partial charge in [-0.3, -0.25) is 19.6 Å². The Morgan fingerprint density at radius 2 is 1.69 bits per heavy atom. The Morgan fingerprint density at radius 3 is 2.39 bits per heavy atom. The molecule has 0 bridgehead atoms. The van der Waals surface area contributed by atoms with Crippen molar-refractivity contribution in [1.82, 2.24) is 14.9 Å². The van der Waals surface area contributed by atoms with Crippen molar-refractivity contribution in [1.29, 1.82) is 0 Å². The van der Waals surface area contributed by atoms with Crippen molar-refractivity contribution in [3.8, 4) is 0 Å². The van der Waals surface area contributed by atoms with E-state index >= 15 is 0 Å². The fourth-order valence-corrected chi connectivity index (χ4v) is 4.72. The topological polar surface area (TPSA) is 83.4 Å². The standard InChI is InChI=1S/C29H24ClN3O3/c30-22-11-12-24-21(15-22)16-27(34)26(17-23-5-1-3-13-31-23)33(29(24)36)18-19-7-9-20(10-8-19)28(35)25-6-2-4-14-32-25/h1-15,26,28,35H,16-18H2/t26-,28?/m1/s1. The van der Waals surface area contributed by atoms with E-state index < -0.39 is 12.1 Å². The molecule has 1 N–H and O–H groups in total. The van der Waals surface area contributed by atoms with Gasteiger partial charge < -0.3 is 10.0 Å². The molecule has 1 aliphatic heterocycles. The van der Waals surface area contributed by atoms with E-state index in [1.165, 1.54) is 0 Å². The number of hydrogen-bond donors (Lipinski definition) is 1. The molecular weight excluding hydrogens is 474 g/mol. The lowest BCUT2D eigenvalue weighted by Crippen LogP contribution is -2.44. The molecule has 1 unspecified atom stereocenters. The first kappa shape index (κ1) is 23.9. The highest BCUT2D eigenvalue weighted by Crippen LogP contribution is 2.27. The summed E-state index contributed by atoms with van der Waals surface area (Å²) in [5.74, 6) is -0.275. The zero-order valence-corrected chi connectivity index (χ0v) is 20.2. The average Bonchev–Trinajstić information content (AvgIpc) is 2.99. The summed E-state index contributed by atoms with van der Waals surface area (Å²) >= 11 is 6.17. The van der Waals surface area contributed by atoms with Gasteiger partial charge >= 0.3 is 0 Å². The maximum absolute atomic E-state index is 13.7. The van der Waals surface area contributed by atoms with Crippen LogP contribution in [0.25, 0.3) is 0 Å². The normalized spacial score (nSPS) is 16.4. The highest BCUT2D eigenvalue weighted by molar-refractivity contribution is 6.30. The maximum atomic E-state index is 13.7. The molecule has 6 nitrogen and oxygen atoms in total. The number of Topliss-reactive ketones (excluding diaryl/α,β-unsaturated/α-hetero) is 1. The highest BCUT2D eigenvalue weighted by atomic mass is 35.5. The molecule has 4 aromatic rings. The van der Waals surface area contributed by atoms with Gasteiger partial charge in [0.25, 0.3) is 5.91 Å². The third-order valence-electron chi connectivity index (χ3n) is 6.42. The molecule has 0 radical (unpaired) electrons. The lowest BCUT2D eigenvalue weighted by Gasteiger charge is -2.29. The van der Waals surface area contributed by atoms with Crippen LogP contribution in [0.5, 0.6) is 0 Å². The molecule has 0 aliphatic carbocycles. The number of nitrogens with zero attached hydrogens (tertiary/aromatic N) is 3. The van der Waals surface area contributed by atoms with Crippen LogP contribution in [0.2, 0.25) is 5.02 Å². The second-order valence-corrected chi connectivity index (χ2v) is 9.25. The second-order valence-electron chi connectivity index (χ2n) is 8.82. The van der Waals surface area contributed by atoms with E-state index in [-0.39, 0.29) is 24.7 Å². The molecule has 3 heterocycles. The van der Waals surface area contributed by atoms with E-state index in [2.05, 4.69) is 9.97 Å². The SMILES string of the molecule is O=C1Cc2cc(Cl)ccc2C(=O)N(Cc2ccc(C(O)c3ccccn3)cc2)[C@@H]1Cc1ccccn1. The fraction of sp³-hybridized carbons (Fsp3) is 0.172. The van der Waals surface area contributed by atoms with Gasteiger partial charge in [0.05, 0.1) is 11.7 Å². The van der Waals surface area contributed by atoms with E-state index in [0.717, 1.165) is 11.3 Å². The second kappa shape index (κ2) is 10.4. The number of aromatic nitrogens is 2. The molecule has 2 aromatic carbocycles. The molecule has 0 saturated carbocycles. The van der Waals surface area contributed by atoms with Crippen LogP contribution < -0.4 is 0 Å². The van der Waals surface area contributed by atoms with Gasteiger partial charge in [0, 0.05) is 48.1 Å². The largest absolute Gasteiger partial charge is 0.382 e. The molecule has 2 aromatic heterocycles. The lowest BCUT2D eigenvalue weighted by molar-refractivity contribution is -0.122. The number of carbonyl (C=O) groups is 2. The summed E-state index contributed by atoms with van der Waals surface area (Å²) in [6.07, 6.45) is 2.93. The molecule has 7 heteroatoms. The quantitative estimate of drug-likeness (QED) is 0.421. The van der Waals surface area contributed by atoms with Crippen molar-refractivity contribution in [2.45, 2.75) is 31.5 Å². The molecule has 0 spiro atoms. The number of pyridine rings is 2. The van der Waals surface area contributed by atoms with Gasteiger partial charge in [-0.2, -0.15) is 0 Å². The minimum Gasteiger partial charge on any atom is -0.382 e. The molecule has 2 atom stereocenters. The molecule has 180 valence electrons. The molecule has 0 saturated heterocycles. The van der Waals surface area contributed by atoms with E-state index in [0.29, 0.717) is 33.8 Å². The summed E-state index contributed by atoms with van der Waals surface area (Å²) in [6, 6.07) is 22.7. The molecule has 1 aliphatic rings. The first-order valence-electron chi connectivity index (χ1n) is 11.7. The summed E-state index contributed by atoms with van der Waals surface area (Å²) < 4.78 is 0. The van der Waals surface area contributed by atoms with Crippen LogP contribution in [0.3, 0.4) is 0 Å². The van der Waals surface area contributed by atoms with Gasteiger partial charge in [0.15, 0.2) is 5.78 Å². The number of halogens is 1. The van der Waals surface area contributed by atoms with Gasteiger partial charge in [0.1, 0.15) is 6.10 Å². The summed E-state index contributed by atoms with van der Waals surface area (Å²) in [7, 11) is 0. The lowest BCUT2D eigenvalue weighted by atomic mass is 9.99. The van der Waals surface area contributed by atoms with E-state index in [9.17, 15) is 14.7 Å². The van der Waals surface area contributed by atoms with Crippen molar-refractivity contribution in [2.24, 2.45) is 0 Å². The van der Waals surface area contributed by atoms with Gasteiger partial charge in [-0.05, 0) is 59.2 Å². The number of aliphatic hydroxyl groups is 1. The Morgan fingerprint density at radius 1 is 0.944 bits per heavy atom. The number of carbonyl (C=O) groups excluding carboxylic acids is 2. The van der Waals surface area contributed by atoms with E-state index in [4.69, 9.17) is 11.6 Å². The van der Waals surface area contributed by atoms with Gasteiger partial charge in [-0.15, -0.1) is 0 Å². The average molecular weight is 498 g/mol. The number of rotatable bonds is 6. The predicted molar refractivity (Wildman–Crippen MR) is 137 cm³/mol. The van der Waals surface area contributed by atoms with Crippen LogP contribution >= 0.6 is 11.6 Å². The number of amides is 1. The van der Waals surface area contributed by atoms with Crippen molar-refractivity contribution in [3.63, 3.8) is 0 Å². The van der Waals surface area contributed by atoms with Crippen molar-refractivity contribution < 1.29 is 14.7 Å². The Kier molecular flexibility index (Phi) is 6.89. The zero-order valence-electron chi connectivity index (χ0n) is 19.4. The van der Waals surface area contributed by atoms with Crippen molar-refractivity contribution >= 4 is 23.3 Å². The van der Waals surface area contributed by atoms with Gasteiger partial charge in [-0.25, -0.2) is 0 Å². The summed E-state index contributed by atoms with van der Waals surface area (Å²) in [5, 5.41) is 11.2. The fourth-order valence-electron chi connectivity index (χ4n) is 4.53. The number of fused-ring (bicyclic) bond motifs is 1. The highest BCUT2D eigenvalue weighted by Gasteiger charge is 2.35. The third-order valence-corrected chi connectivity index (χ3v) is 6.65. The van der Waals surface area contributed by atoms with Crippen molar-refractivity contribution in [3.05, 3.63) is 130 Å². The van der Waals surface area contributed by atoms with E-state index in [1.807, 2.05) is 48.5 Å². The van der Waals surface area contributed by atoms with Crippen LogP contribution in [-0.4, -0.2) is 37.7 Å². The van der Waals surface area contributed by atoms with E-state index in [1.54, 1.807) is 47.6 Å². The smallest absolute Gasteiger partial charge is 0.255 e. The number of hydrogen-bond acceptors (Lipinski definition) is 5. The molecule has 1 amide bonds. The number of ketones is 1. The molecule has 5 rings (SSSR count). The third kappa shape index (κ3) is 5.05. The summed E-state index contributed by atoms with van der Waals surface area (Å²) in [4.78, 5) is 37.4. The number of aliphatic hydroxyl groups excluding tert-OH is 1. The van der Waals surface area contributed by atoms with Crippen LogP contribution in [-0.2, 0) is 24.2 Å². The Balaban J connectivity index is 1.46. The monoisotopic (exact) mass is 497 g/mol. The Bertz CT molecular complexity index is 1380.